The topological polar surface area (TPSA) is 46.2 Å². The van der Waals surface area contributed by atoms with Crippen LogP contribution in [0, 0.1) is 5.82 Å². The summed E-state index contributed by atoms with van der Waals surface area (Å²) in [6.45, 7) is 3.01. The number of hydrogen-bond donors (Lipinski definition) is 1. The molecule has 2 rings (SSSR count). The lowest BCUT2D eigenvalue weighted by molar-refractivity contribution is 0.474. The molecule has 1 atom stereocenters. The first-order chi connectivity index (χ1) is 9.54. The molecule has 1 aromatic rings. The molecule has 0 saturated carbocycles. The highest BCUT2D eigenvalue weighted by atomic mass is 32.2. The van der Waals surface area contributed by atoms with Crippen LogP contribution in [0.3, 0.4) is 0 Å². The quantitative estimate of drug-likeness (QED) is 0.648. The Morgan fingerprint density at radius 3 is 2.85 bits per heavy atom. The summed E-state index contributed by atoms with van der Waals surface area (Å²) in [7, 11) is -3.24. The van der Waals surface area contributed by atoms with Crippen molar-refractivity contribution in [2.75, 3.05) is 12.3 Å². The van der Waals surface area contributed by atoms with Crippen LogP contribution < -0.4 is 5.32 Å². The highest BCUT2D eigenvalue weighted by Gasteiger charge is 2.30. The molecule has 5 heteroatoms. The van der Waals surface area contributed by atoms with E-state index in [1.807, 2.05) is 0 Å². The number of benzene rings is 1. The summed E-state index contributed by atoms with van der Waals surface area (Å²) >= 11 is 0. The summed E-state index contributed by atoms with van der Waals surface area (Å²) < 4.78 is 37.4. The Kier molecular flexibility index (Phi) is 5.16. The zero-order valence-electron chi connectivity index (χ0n) is 11.9. The third-order valence-corrected chi connectivity index (χ3v) is 5.59. The SMILES string of the molecule is CCCCCCNC1CCS(=O)(=O)c2ccc(F)cc21. The van der Waals surface area contributed by atoms with E-state index < -0.39 is 9.84 Å². The minimum atomic E-state index is -3.24. The van der Waals surface area contributed by atoms with Gasteiger partial charge in [0, 0.05) is 6.04 Å². The van der Waals surface area contributed by atoms with E-state index in [4.69, 9.17) is 0 Å². The normalized spacial score (nSPS) is 20.6. The van der Waals surface area contributed by atoms with Crippen molar-refractivity contribution in [2.45, 2.75) is 50.0 Å². The van der Waals surface area contributed by atoms with Crippen molar-refractivity contribution in [2.24, 2.45) is 0 Å². The minimum Gasteiger partial charge on any atom is -0.310 e. The van der Waals surface area contributed by atoms with Crippen LogP contribution in [0.15, 0.2) is 23.1 Å². The van der Waals surface area contributed by atoms with Crippen LogP contribution in [-0.2, 0) is 9.84 Å². The predicted octanol–water partition coefficient (Wildman–Crippen LogP) is 3.21. The van der Waals surface area contributed by atoms with E-state index in [1.54, 1.807) is 0 Å². The molecule has 0 bridgehead atoms. The van der Waals surface area contributed by atoms with Gasteiger partial charge in [0.05, 0.1) is 10.6 Å². The molecule has 1 aliphatic rings. The Bertz CT molecular complexity index is 557. The predicted molar refractivity (Wildman–Crippen MR) is 78.0 cm³/mol. The van der Waals surface area contributed by atoms with Crippen LogP contribution in [0.5, 0.6) is 0 Å². The molecule has 0 spiro atoms. The first-order valence-corrected chi connectivity index (χ1v) is 8.95. The first kappa shape index (κ1) is 15.4. The zero-order chi connectivity index (χ0) is 14.6. The van der Waals surface area contributed by atoms with Crippen molar-refractivity contribution < 1.29 is 12.8 Å². The Labute approximate surface area is 120 Å². The molecule has 1 heterocycles. The Balaban J connectivity index is 2.07. The molecule has 1 aliphatic heterocycles. The van der Waals surface area contributed by atoms with Gasteiger partial charge in [0.2, 0.25) is 0 Å². The van der Waals surface area contributed by atoms with E-state index in [2.05, 4.69) is 12.2 Å². The van der Waals surface area contributed by atoms with Crippen molar-refractivity contribution in [1.82, 2.24) is 5.32 Å². The lowest BCUT2D eigenvalue weighted by Crippen LogP contribution is -2.30. The van der Waals surface area contributed by atoms with Crippen LogP contribution in [0.25, 0.3) is 0 Å². The molecule has 1 N–H and O–H groups in total. The van der Waals surface area contributed by atoms with E-state index in [0.717, 1.165) is 13.0 Å². The number of rotatable bonds is 6. The van der Waals surface area contributed by atoms with Gasteiger partial charge in [-0.15, -0.1) is 0 Å². The molecule has 3 nitrogen and oxygen atoms in total. The Hall–Kier alpha value is -0.940. The standard InChI is InChI=1S/C15H22FNO2S/c1-2-3-4-5-9-17-14-8-10-20(18,19)15-7-6-12(16)11-13(14)15/h6-7,11,14,17H,2-5,8-10H2,1H3. The van der Waals surface area contributed by atoms with E-state index in [-0.39, 0.29) is 22.5 Å². The minimum absolute atomic E-state index is 0.0501. The second-order valence-electron chi connectivity index (χ2n) is 5.36. The van der Waals surface area contributed by atoms with Crippen LogP contribution in [0.1, 0.15) is 50.6 Å². The fraction of sp³-hybridized carbons (Fsp3) is 0.600. The Morgan fingerprint density at radius 1 is 1.30 bits per heavy atom. The molecule has 0 aromatic heterocycles. The highest BCUT2D eigenvalue weighted by Crippen LogP contribution is 2.32. The van der Waals surface area contributed by atoms with Crippen molar-refractivity contribution in [3.8, 4) is 0 Å². The number of hydrogen-bond acceptors (Lipinski definition) is 3. The van der Waals surface area contributed by atoms with Gasteiger partial charge in [-0.25, -0.2) is 12.8 Å². The smallest absolute Gasteiger partial charge is 0.178 e. The average Bonchev–Trinajstić information content (AvgIpc) is 2.40. The summed E-state index contributed by atoms with van der Waals surface area (Å²) in [5, 5.41) is 3.37. The summed E-state index contributed by atoms with van der Waals surface area (Å²) in [4.78, 5) is 0.288. The van der Waals surface area contributed by atoms with Gasteiger partial charge in [-0.3, -0.25) is 0 Å². The molecular weight excluding hydrogens is 277 g/mol. The Morgan fingerprint density at radius 2 is 2.10 bits per heavy atom. The van der Waals surface area contributed by atoms with Crippen molar-refractivity contribution >= 4 is 9.84 Å². The molecule has 20 heavy (non-hydrogen) atoms. The third kappa shape index (κ3) is 3.58. The molecule has 1 aromatic carbocycles. The average molecular weight is 299 g/mol. The van der Waals surface area contributed by atoms with Crippen LogP contribution in [0.4, 0.5) is 4.39 Å². The van der Waals surface area contributed by atoms with Gasteiger partial charge in [0.25, 0.3) is 0 Å². The largest absolute Gasteiger partial charge is 0.310 e. The highest BCUT2D eigenvalue weighted by molar-refractivity contribution is 7.91. The summed E-state index contributed by atoms with van der Waals surface area (Å²) in [5.41, 5.74) is 0.590. The molecule has 0 radical (unpaired) electrons. The molecule has 0 aliphatic carbocycles. The molecule has 0 saturated heterocycles. The maximum atomic E-state index is 13.4. The van der Waals surface area contributed by atoms with Gasteiger partial charge in [0.1, 0.15) is 5.82 Å². The van der Waals surface area contributed by atoms with Gasteiger partial charge in [-0.05, 0) is 43.1 Å². The summed E-state index contributed by atoms with van der Waals surface area (Å²) in [6.07, 6.45) is 5.17. The fourth-order valence-corrected chi connectivity index (χ4v) is 4.26. The third-order valence-electron chi connectivity index (χ3n) is 3.78. The van der Waals surface area contributed by atoms with E-state index in [9.17, 15) is 12.8 Å². The second kappa shape index (κ2) is 6.68. The van der Waals surface area contributed by atoms with E-state index >= 15 is 0 Å². The van der Waals surface area contributed by atoms with Gasteiger partial charge in [0.15, 0.2) is 9.84 Å². The van der Waals surface area contributed by atoms with Crippen molar-refractivity contribution in [1.29, 1.82) is 0 Å². The van der Waals surface area contributed by atoms with Crippen LogP contribution >= 0.6 is 0 Å². The maximum Gasteiger partial charge on any atom is 0.178 e. The molecule has 0 amide bonds. The summed E-state index contributed by atoms with van der Waals surface area (Å²) in [6, 6.07) is 3.92. The fourth-order valence-electron chi connectivity index (χ4n) is 2.65. The molecule has 0 fully saturated rings. The van der Waals surface area contributed by atoms with Gasteiger partial charge in [-0.1, -0.05) is 26.2 Å². The number of fused-ring (bicyclic) bond motifs is 1. The number of nitrogens with one attached hydrogen (secondary N) is 1. The van der Waals surface area contributed by atoms with Crippen LogP contribution in [0.2, 0.25) is 0 Å². The monoisotopic (exact) mass is 299 g/mol. The van der Waals surface area contributed by atoms with Gasteiger partial charge >= 0.3 is 0 Å². The first-order valence-electron chi connectivity index (χ1n) is 7.30. The number of unbranched alkanes of at least 4 members (excludes halogenated alkanes) is 3. The number of sulfone groups is 1. The molecular formula is C15H22FNO2S. The van der Waals surface area contributed by atoms with Crippen molar-refractivity contribution in [3.05, 3.63) is 29.6 Å². The van der Waals surface area contributed by atoms with Gasteiger partial charge < -0.3 is 5.32 Å². The molecule has 1 unspecified atom stereocenters. The van der Waals surface area contributed by atoms with E-state index in [0.29, 0.717) is 12.0 Å². The summed E-state index contributed by atoms with van der Waals surface area (Å²) in [5.74, 6) is -0.239. The second-order valence-corrected chi connectivity index (χ2v) is 7.43. The lowest BCUT2D eigenvalue weighted by Gasteiger charge is -2.26. The maximum absolute atomic E-state index is 13.4. The molecule has 112 valence electrons. The van der Waals surface area contributed by atoms with Crippen molar-refractivity contribution in [3.63, 3.8) is 0 Å². The number of halogens is 1. The zero-order valence-corrected chi connectivity index (χ0v) is 12.7. The van der Waals surface area contributed by atoms with Gasteiger partial charge in [-0.2, -0.15) is 0 Å². The van der Waals surface area contributed by atoms with E-state index in [1.165, 1.54) is 37.5 Å². The van der Waals surface area contributed by atoms with Crippen LogP contribution in [-0.4, -0.2) is 20.7 Å². The lowest BCUT2D eigenvalue weighted by atomic mass is 10.0.